The molecule has 14 heavy (non-hydrogen) atoms. The Bertz CT molecular complexity index is 320. The van der Waals surface area contributed by atoms with Crippen molar-refractivity contribution in [3.63, 3.8) is 0 Å². The Morgan fingerprint density at radius 2 is 2.21 bits per heavy atom. The van der Waals surface area contributed by atoms with Gasteiger partial charge in [-0.05, 0) is 30.2 Å². The number of aliphatic hydroxyl groups is 1. The average molecular weight is 223 g/mol. The summed E-state index contributed by atoms with van der Waals surface area (Å²) in [6.45, 7) is 1.54. The minimum atomic E-state index is -3.75. The van der Waals surface area contributed by atoms with Gasteiger partial charge in [-0.15, -0.1) is 0 Å². The van der Waals surface area contributed by atoms with Crippen molar-refractivity contribution in [2.24, 2.45) is 0 Å². The second kappa shape index (κ2) is 3.67. The molecular weight excluding hydrogens is 214 g/mol. The van der Waals surface area contributed by atoms with Crippen LogP contribution in [0.25, 0.3) is 0 Å². The third-order valence-electron chi connectivity index (χ3n) is 1.82. The lowest BCUT2D eigenvalue weighted by Gasteiger charge is -2.19. The summed E-state index contributed by atoms with van der Waals surface area (Å²) in [4.78, 5) is 3.60. The Labute approximate surface area is 84.5 Å². The van der Waals surface area contributed by atoms with Gasteiger partial charge in [-0.1, -0.05) is 0 Å². The van der Waals surface area contributed by atoms with Crippen molar-refractivity contribution in [3.8, 4) is 0 Å². The molecule has 3 N–H and O–H groups in total. The highest BCUT2D eigenvalue weighted by molar-refractivity contribution is 6.22. The molecule has 0 spiro atoms. The number of hydrogen-bond acceptors (Lipinski definition) is 3. The molecule has 1 aromatic heterocycles. The molecule has 0 fully saturated rings. The van der Waals surface area contributed by atoms with Gasteiger partial charge in [0.2, 0.25) is 0 Å². The molecule has 0 aromatic carbocycles. The van der Waals surface area contributed by atoms with Crippen molar-refractivity contribution < 1.29 is 13.9 Å². The van der Waals surface area contributed by atoms with E-state index in [4.69, 9.17) is 17.3 Å². The third kappa shape index (κ3) is 2.10. The number of rotatable bonds is 2. The topological polar surface area (TPSA) is 59.1 Å². The molecule has 6 heteroatoms. The Morgan fingerprint density at radius 1 is 1.64 bits per heavy atom. The molecule has 0 aliphatic carbocycles. The molecule has 0 aliphatic heterocycles. The number of anilines is 1. The molecule has 1 atom stereocenters. The zero-order chi connectivity index (χ0) is 10.9. The van der Waals surface area contributed by atoms with E-state index in [9.17, 15) is 13.9 Å². The fourth-order valence-electron chi connectivity index (χ4n) is 1.11. The first-order valence-electron chi connectivity index (χ1n) is 3.79. The Hall–Kier alpha value is -0.940. The van der Waals surface area contributed by atoms with Gasteiger partial charge in [-0.3, -0.25) is 0 Å². The van der Waals surface area contributed by atoms with E-state index in [1.54, 1.807) is 6.92 Å². The second-order valence-electron chi connectivity index (χ2n) is 2.87. The van der Waals surface area contributed by atoms with Crippen molar-refractivity contribution in [3.05, 3.63) is 23.4 Å². The Morgan fingerprint density at radius 3 is 2.64 bits per heavy atom. The Kier molecular flexibility index (Phi) is 2.92. The summed E-state index contributed by atoms with van der Waals surface area (Å²) in [5.74, 6) is -0.141. The highest BCUT2D eigenvalue weighted by atomic mass is 35.5. The highest BCUT2D eigenvalue weighted by Crippen LogP contribution is 2.37. The number of hydrogen-bond donors (Lipinski definition) is 2. The van der Waals surface area contributed by atoms with E-state index < -0.39 is 11.5 Å². The number of aromatic nitrogens is 1. The zero-order valence-corrected chi connectivity index (χ0v) is 8.09. The van der Waals surface area contributed by atoms with Crippen LogP contribution in [-0.2, 0) is 0 Å². The molecule has 1 heterocycles. The van der Waals surface area contributed by atoms with Crippen molar-refractivity contribution in [1.29, 1.82) is 0 Å². The average Bonchev–Trinajstić information content (AvgIpc) is 2.01. The lowest BCUT2D eigenvalue weighted by Crippen LogP contribution is -2.21. The summed E-state index contributed by atoms with van der Waals surface area (Å²) in [6, 6.07) is 1.47. The molecule has 3 nitrogen and oxygen atoms in total. The van der Waals surface area contributed by atoms with Gasteiger partial charge in [-0.2, -0.15) is 8.78 Å². The minimum absolute atomic E-state index is 0.132. The van der Waals surface area contributed by atoms with E-state index in [2.05, 4.69) is 4.98 Å². The van der Waals surface area contributed by atoms with Gasteiger partial charge in [0.1, 0.15) is 5.82 Å². The predicted molar refractivity (Wildman–Crippen MR) is 49.1 cm³/mol. The predicted octanol–water partition coefficient (Wildman–Crippen LogP) is 1.84. The van der Waals surface area contributed by atoms with Crippen molar-refractivity contribution in [2.45, 2.75) is 18.4 Å². The van der Waals surface area contributed by atoms with Crippen LogP contribution in [0.1, 0.15) is 17.2 Å². The monoisotopic (exact) mass is 222 g/mol. The number of aliphatic hydroxyl groups excluding tert-OH is 1. The van der Waals surface area contributed by atoms with Crippen molar-refractivity contribution in [1.82, 2.24) is 4.98 Å². The molecule has 78 valence electrons. The number of aryl methyl sites for hydroxylation is 1. The number of alkyl halides is 3. The Balaban J connectivity index is 3.19. The van der Waals surface area contributed by atoms with E-state index in [-0.39, 0.29) is 11.4 Å². The number of halogens is 3. The van der Waals surface area contributed by atoms with Crippen LogP contribution in [0.3, 0.4) is 0 Å². The lowest BCUT2D eigenvalue weighted by atomic mass is 10.1. The first kappa shape index (κ1) is 11.1. The van der Waals surface area contributed by atoms with Gasteiger partial charge in [0.25, 0.3) is 0 Å². The molecule has 1 rings (SSSR count). The number of nitrogen functional groups attached to an aromatic ring is 1. The van der Waals surface area contributed by atoms with Crippen LogP contribution in [0.2, 0.25) is 0 Å². The summed E-state index contributed by atoms with van der Waals surface area (Å²) < 4.78 is 25.2. The molecule has 0 saturated heterocycles. The quantitative estimate of drug-likeness (QED) is 0.751. The molecular formula is C8H9ClF2N2O. The van der Waals surface area contributed by atoms with Crippen molar-refractivity contribution >= 4 is 17.4 Å². The fourth-order valence-corrected chi connectivity index (χ4v) is 1.22. The van der Waals surface area contributed by atoms with Crippen LogP contribution in [0.5, 0.6) is 0 Å². The van der Waals surface area contributed by atoms with Crippen LogP contribution >= 0.6 is 11.6 Å². The molecule has 0 aliphatic rings. The summed E-state index contributed by atoms with van der Waals surface area (Å²) in [6.07, 6.45) is -0.773. The summed E-state index contributed by atoms with van der Waals surface area (Å²) in [5, 5.41) is 5.47. The minimum Gasteiger partial charge on any atom is -0.383 e. The number of nitrogens with zero attached hydrogens (tertiary/aromatic N) is 1. The number of nitrogens with two attached hydrogens (primary N) is 1. The molecule has 1 aromatic rings. The van der Waals surface area contributed by atoms with Gasteiger partial charge < -0.3 is 10.8 Å². The first-order chi connectivity index (χ1) is 6.34. The van der Waals surface area contributed by atoms with Gasteiger partial charge in [0, 0.05) is 11.8 Å². The zero-order valence-electron chi connectivity index (χ0n) is 7.34. The lowest BCUT2D eigenvalue weighted by molar-refractivity contribution is -0.0425. The summed E-state index contributed by atoms with van der Waals surface area (Å²) in [5.41, 5.74) is 5.65. The fraction of sp³-hybridized carbons (Fsp3) is 0.375. The van der Waals surface area contributed by atoms with Gasteiger partial charge in [0.15, 0.2) is 6.10 Å². The normalized spacial score (nSPS) is 14.1. The van der Waals surface area contributed by atoms with E-state index in [0.717, 1.165) is 0 Å². The van der Waals surface area contributed by atoms with E-state index in [1.807, 2.05) is 0 Å². The number of pyridine rings is 1. The van der Waals surface area contributed by atoms with Crippen LogP contribution in [0.4, 0.5) is 14.6 Å². The van der Waals surface area contributed by atoms with Crippen molar-refractivity contribution in [2.75, 3.05) is 5.73 Å². The van der Waals surface area contributed by atoms with Crippen LogP contribution in [0, 0.1) is 6.92 Å². The molecule has 1 unspecified atom stereocenters. The standard InChI is InChI=1S/C8H9ClF2N2O/c1-4-2-3-13-7(12)5(4)6(14)8(9,10)11/h2-3,6,14H,1H3,(H2,12,13). The molecule has 0 bridgehead atoms. The largest absolute Gasteiger partial charge is 0.383 e. The van der Waals surface area contributed by atoms with Gasteiger partial charge in [-0.25, -0.2) is 4.98 Å². The second-order valence-corrected chi connectivity index (χ2v) is 3.37. The maximum atomic E-state index is 12.6. The van der Waals surface area contributed by atoms with Crippen LogP contribution in [-0.4, -0.2) is 15.5 Å². The molecule has 0 amide bonds. The maximum absolute atomic E-state index is 12.6. The summed E-state index contributed by atoms with van der Waals surface area (Å²) in [7, 11) is 0. The highest BCUT2D eigenvalue weighted by Gasteiger charge is 2.39. The smallest absolute Gasteiger partial charge is 0.351 e. The van der Waals surface area contributed by atoms with Crippen LogP contribution in [0.15, 0.2) is 12.3 Å². The first-order valence-corrected chi connectivity index (χ1v) is 4.17. The molecule has 0 radical (unpaired) electrons. The van der Waals surface area contributed by atoms with Gasteiger partial charge >= 0.3 is 5.38 Å². The molecule has 0 saturated carbocycles. The van der Waals surface area contributed by atoms with E-state index in [1.165, 1.54) is 12.3 Å². The van der Waals surface area contributed by atoms with Crippen LogP contribution < -0.4 is 5.73 Å². The maximum Gasteiger partial charge on any atom is 0.351 e. The van der Waals surface area contributed by atoms with Gasteiger partial charge in [0.05, 0.1) is 0 Å². The van der Waals surface area contributed by atoms with E-state index >= 15 is 0 Å². The van der Waals surface area contributed by atoms with E-state index in [0.29, 0.717) is 5.56 Å². The SMILES string of the molecule is Cc1ccnc(N)c1C(O)C(F)(F)Cl. The summed E-state index contributed by atoms with van der Waals surface area (Å²) >= 11 is 4.70. The third-order valence-corrected chi connectivity index (χ3v) is 2.03.